The number of nitrogens with one attached hydrogen (secondary N) is 1. The minimum Gasteiger partial charge on any atom is -0.465 e. The Kier molecular flexibility index (Phi) is 8.27. The number of esters is 1. The molecular formula is C27H32FN5O7S2. The Morgan fingerprint density at radius 2 is 1.86 bits per heavy atom. The van der Waals surface area contributed by atoms with Crippen molar-refractivity contribution >= 4 is 48.3 Å². The van der Waals surface area contributed by atoms with Crippen LogP contribution in [-0.4, -0.2) is 94.1 Å². The van der Waals surface area contributed by atoms with Gasteiger partial charge in [0.2, 0.25) is 0 Å². The van der Waals surface area contributed by atoms with Gasteiger partial charge in [-0.15, -0.1) is 0 Å². The molecule has 2 aliphatic heterocycles. The summed E-state index contributed by atoms with van der Waals surface area (Å²) in [5.74, 6) is -1.90. The fourth-order valence-electron chi connectivity index (χ4n) is 5.32. The highest BCUT2D eigenvalue weighted by molar-refractivity contribution is 7.91. The highest BCUT2D eigenvalue weighted by Gasteiger charge is 2.34. The van der Waals surface area contributed by atoms with Gasteiger partial charge >= 0.3 is 12.0 Å². The number of rotatable bonds is 6. The van der Waals surface area contributed by atoms with E-state index >= 15 is 4.39 Å². The number of amides is 2. The maximum atomic E-state index is 15.3. The van der Waals surface area contributed by atoms with E-state index in [1.54, 1.807) is 23.0 Å². The van der Waals surface area contributed by atoms with Crippen molar-refractivity contribution in [1.29, 1.82) is 0 Å². The molecule has 3 heterocycles. The molecule has 0 spiro atoms. The molecular weight excluding hydrogens is 589 g/mol. The van der Waals surface area contributed by atoms with Gasteiger partial charge < -0.3 is 15.0 Å². The Hall–Kier alpha value is -3.56. The average Bonchev–Trinajstić information content (AvgIpc) is 3.38. The second kappa shape index (κ2) is 11.6. The molecule has 2 amide bonds. The van der Waals surface area contributed by atoms with E-state index in [1.807, 2.05) is 6.92 Å². The van der Waals surface area contributed by atoms with Crippen LogP contribution in [0.15, 0.2) is 36.5 Å². The zero-order chi connectivity index (χ0) is 30.2. The van der Waals surface area contributed by atoms with Crippen LogP contribution in [0, 0.1) is 5.82 Å². The molecule has 0 aliphatic carbocycles. The topological polar surface area (TPSA) is 148 Å². The molecule has 0 radical (unpaired) electrons. The number of hydrogen-bond donors (Lipinski definition) is 1. The summed E-state index contributed by atoms with van der Waals surface area (Å²) in [6.45, 7) is 2.53. The Bertz CT molecular complexity index is 1740. The number of aryl methyl sites for hydroxylation is 1. The third kappa shape index (κ3) is 5.85. The molecule has 12 nitrogen and oxygen atoms in total. The first-order valence-electron chi connectivity index (χ1n) is 13.5. The number of aromatic nitrogens is 2. The van der Waals surface area contributed by atoms with E-state index in [0.717, 1.165) is 6.07 Å². The lowest BCUT2D eigenvalue weighted by Gasteiger charge is -2.34. The van der Waals surface area contributed by atoms with Crippen molar-refractivity contribution in [2.45, 2.75) is 25.3 Å². The highest BCUT2D eigenvalue weighted by Crippen LogP contribution is 2.36. The fraction of sp³-hybridized carbons (Fsp3) is 0.444. The number of carbonyl (C=O) groups excluding carboxylic acids is 2. The van der Waals surface area contributed by atoms with Crippen molar-refractivity contribution in [3.05, 3.63) is 59.0 Å². The largest absolute Gasteiger partial charge is 0.465 e. The van der Waals surface area contributed by atoms with Crippen LogP contribution in [0.4, 0.5) is 14.9 Å². The summed E-state index contributed by atoms with van der Waals surface area (Å²) in [4.78, 5) is 28.6. The number of carbonyl (C=O) groups is 2. The van der Waals surface area contributed by atoms with Crippen LogP contribution in [-0.2, 0) is 37.5 Å². The van der Waals surface area contributed by atoms with Crippen molar-refractivity contribution in [2.75, 3.05) is 55.4 Å². The smallest absolute Gasteiger partial charge is 0.337 e. The number of nitrogens with zero attached hydrogens (tertiary/aromatic N) is 4. The lowest BCUT2D eigenvalue weighted by Crippen LogP contribution is -2.50. The van der Waals surface area contributed by atoms with Gasteiger partial charge in [-0.25, -0.2) is 30.8 Å². The number of ether oxygens (including phenoxy) is 1. The maximum Gasteiger partial charge on any atom is 0.337 e. The Labute approximate surface area is 243 Å². The summed E-state index contributed by atoms with van der Waals surface area (Å²) in [6.07, 6.45) is 1.61. The van der Waals surface area contributed by atoms with E-state index in [1.165, 1.54) is 29.0 Å². The lowest BCUT2D eigenvalue weighted by molar-refractivity contribution is 0.0600. The number of fused-ring (bicyclic) bond motifs is 1. The Balaban J connectivity index is 1.64. The quantitative estimate of drug-likeness (QED) is 0.408. The second-order valence-corrected chi connectivity index (χ2v) is 14.9. The Morgan fingerprint density at radius 1 is 1.12 bits per heavy atom. The van der Waals surface area contributed by atoms with Gasteiger partial charge in [-0.3, -0.25) is 9.58 Å². The number of halogens is 1. The van der Waals surface area contributed by atoms with Crippen LogP contribution in [0.2, 0.25) is 0 Å². The third-order valence-corrected chi connectivity index (χ3v) is 11.4. The molecule has 42 heavy (non-hydrogen) atoms. The van der Waals surface area contributed by atoms with E-state index < -0.39 is 42.7 Å². The van der Waals surface area contributed by atoms with Gasteiger partial charge in [0.15, 0.2) is 19.7 Å². The molecule has 5 rings (SSSR count). The Morgan fingerprint density at radius 3 is 2.50 bits per heavy atom. The molecule has 226 valence electrons. The van der Waals surface area contributed by atoms with Gasteiger partial charge in [-0.05, 0) is 36.8 Å². The molecule has 2 fully saturated rings. The molecule has 1 atom stereocenters. The summed E-state index contributed by atoms with van der Waals surface area (Å²) in [5.41, 5.74) is 1.48. The number of anilines is 1. The second-order valence-electron chi connectivity index (χ2n) is 10.3. The first-order valence-corrected chi connectivity index (χ1v) is 17.0. The monoisotopic (exact) mass is 621 g/mol. The van der Waals surface area contributed by atoms with Gasteiger partial charge in [-0.1, -0.05) is 6.07 Å². The van der Waals surface area contributed by atoms with Crippen LogP contribution in [0.5, 0.6) is 0 Å². The van der Waals surface area contributed by atoms with E-state index in [-0.39, 0.29) is 54.6 Å². The molecule has 1 N–H and O–H groups in total. The normalized spacial score (nSPS) is 19.9. The molecule has 2 saturated heterocycles. The maximum absolute atomic E-state index is 15.3. The van der Waals surface area contributed by atoms with Crippen LogP contribution in [0.1, 0.15) is 33.7 Å². The molecule has 0 bridgehead atoms. The summed E-state index contributed by atoms with van der Waals surface area (Å²) in [6, 6.07) is 6.57. The van der Waals surface area contributed by atoms with Gasteiger partial charge in [-0.2, -0.15) is 5.10 Å². The summed E-state index contributed by atoms with van der Waals surface area (Å²) in [5, 5.41) is 7.29. The zero-order valence-electron chi connectivity index (χ0n) is 23.2. The third-order valence-electron chi connectivity index (χ3n) is 7.71. The van der Waals surface area contributed by atoms with E-state index in [0.29, 0.717) is 35.2 Å². The number of sulfone groups is 2. The van der Waals surface area contributed by atoms with Crippen LogP contribution < -0.4 is 10.2 Å². The number of hydrogen-bond acceptors (Lipinski definition) is 9. The van der Waals surface area contributed by atoms with E-state index in [4.69, 9.17) is 0 Å². The van der Waals surface area contributed by atoms with Gasteiger partial charge in [0.05, 0.1) is 53.4 Å². The van der Waals surface area contributed by atoms with Gasteiger partial charge in [0.25, 0.3) is 0 Å². The average molecular weight is 622 g/mol. The standard InChI is InChI=1S/C27H32FN5O7S2/c1-3-33-24-14-20(13-21(22(24)15-30-33)25-16-29-6-9-42(25,38)39)32(27(35)31-7-10-41(36,37)11-8-31)17-19-5-4-18(12-23(19)28)26(34)40-2/h4-5,12-15,25,29H,3,6-11,16-17H2,1-2H3. The molecule has 2 aromatic carbocycles. The van der Waals surface area contributed by atoms with Crippen molar-refractivity contribution in [3.63, 3.8) is 0 Å². The highest BCUT2D eigenvalue weighted by atomic mass is 32.2. The van der Waals surface area contributed by atoms with Crippen molar-refractivity contribution in [2.24, 2.45) is 0 Å². The van der Waals surface area contributed by atoms with Crippen molar-refractivity contribution in [1.82, 2.24) is 20.0 Å². The van der Waals surface area contributed by atoms with Crippen molar-refractivity contribution in [3.8, 4) is 0 Å². The molecule has 2 aliphatic rings. The summed E-state index contributed by atoms with van der Waals surface area (Å²) >= 11 is 0. The van der Waals surface area contributed by atoms with Crippen LogP contribution in [0.3, 0.4) is 0 Å². The minimum atomic E-state index is -3.53. The molecule has 15 heteroatoms. The van der Waals surface area contributed by atoms with Gasteiger partial charge in [0.1, 0.15) is 5.82 Å². The van der Waals surface area contributed by atoms with Crippen LogP contribution >= 0.6 is 0 Å². The molecule has 0 saturated carbocycles. The van der Waals surface area contributed by atoms with E-state index in [9.17, 15) is 26.4 Å². The first-order chi connectivity index (χ1) is 19.9. The SMILES string of the molecule is CCn1ncc2c(C3CNCCS3(=O)=O)cc(N(Cc3ccc(C(=O)OC)cc3F)C(=O)N3CCS(=O)(=O)CC3)cc21. The summed E-state index contributed by atoms with van der Waals surface area (Å²) in [7, 11) is -5.63. The molecule has 3 aromatic rings. The van der Waals surface area contributed by atoms with Crippen molar-refractivity contribution < 1.29 is 35.6 Å². The molecule has 1 aromatic heterocycles. The lowest BCUT2D eigenvalue weighted by atomic mass is 10.0. The predicted octanol–water partition coefficient (Wildman–Crippen LogP) is 1.90. The van der Waals surface area contributed by atoms with Gasteiger partial charge in [0, 0.05) is 49.4 Å². The minimum absolute atomic E-state index is 0.00317. The fourth-order valence-corrected chi connectivity index (χ4v) is 8.19. The number of benzene rings is 2. The number of urea groups is 1. The van der Waals surface area contributed by atoms with E-state index in [2.05, 4.69) is 15.2 Å². The zero-order valence-corrected chi connectivity index (χ0v) is 24.9. The predicted molar refractivity (Wildman–Crippen MR) is 154 cm³/mol. The number of methoxy groups -OCH3 is 1. The molecule has 1 unspecified atom stereocenters. The van der Waals surface area contributed by atoms with Crippen LogP contribution in [0.25, 0.3) is 10.9 Å². The summed E-state index contributed by atoms with van der Waals surface area (Å²) < 4.78 is 72.1. The first kappa shape index (κ1) is 29.9.